The van der Waals surface area contributed by atoms with Crippen LogP contribution < -0.4 is 5.32 Å². The lowest BCUT2D eigenvalue weighted by molar-refractivity contribution is -0.122. The van der Waals surface area contributed by atoms with Crippen molar-refractivity contribution in [2.75, 3.05) is 19.7 Å². The second-order valence-electron chi connectivity index (χ2n) is 6.20. The maximum atomic E-state index is 12.1. The molecule has 5 nitrogen and oxygen atoms in total. The van der Waals surface area contributed by atoms with Gasteiger partial charge in [-0.15, -0.1) is 0 Å². The van der Waals surface area contributed by atoms with Gasteiger partial charge in [0.2, 0.25) is 5.91 Å². The maximum Gasteiger partial charge on any atom is 0.409 e. The highest BCUT2D eigenvalue weighted by Crippen LogP contribution is 2.12. The van der Waals surface area contributed by atoms with Crippen LogP contribution in [0, 0.1) is 0 Å². The van der Waals surface area contributed by atoms with E-state index in [4.69, 9.17) is 4.74 Å². The summed E-state index contributed by atoms with van der Waals surface area (Å²) in [5.41, 5.74) is 2.51. The smallest absolute Gasteiger partial charge is 0.409 e. The zero-order valence-electron chi connectivity index (χ0n) is 14.7. The van der Waals surface area contributed by atoms with Crippen molar-refractivity contribution in [2.24, 2.45) is 0 Å². The molecule has 0 aromatic heterocycles. The summed E-state index contributed by atoms with van der Waals surface area (Å²) in [4.78, 5) is 25.5. The number of carbonyl (C=O) groups is 2. The van der Waals surface area contributed by atoms with Crippen molar-refractivity contribution < 1.29 is 14.3 Å². The summed E-state index contributed by atoms with van der Waals surface area (Å²) in [5, 5.41) is 3.09. The van der Waals surface area contributed by atoms with Crippen molar-refractivity contribution >= 4 is 12.0 Å². The van der Waals surface area contributed by atoms with Gasteiger partial charge < -0.3 is 15.0 Å². The molecule has 1 saturated heterocycles. The SMILES string of the molecule is CCOC(=O)N1CCC(NC(=O)CCc2ccc(CC)cc2)CC1. The van der Waals surface area contributed by atoms with E-state index in [-0.39, 0.29) is 18.0 Å². The fourth-order valence-corrected chi connectivity index (χ4v) is 2.92. The Bertz CT molecular complexity index is 534. The average Bonchev–Trinajstić information content (AvgIpc) is 2.61. The van der Waals surface area contributed by atoms with Crippen LogP contribution in [0.15, 0.2) is 24.3 Å². The Morgan fingerprint density at radius 1 is 1.12 bits per heavy atom. The quantitative estimate of drug-likeness (QED) is 0.871. The summed E-state index contributed by atoms with van der Waals surface area (Å²) in [5.74, 6) is 0.0872. The molecule has 1 aliphatic rings. The average molecular weight is 332 g/mol. The predicted octanol–water partition coefficient (Wildman–Crippen LogP) is 2.92. The first-order valence-corrected chi connectivity index (χ1v) is 8.91. The highest BCUT2D eigenvalue weighted by Gasteiger charge is 2.24. The summed E-state index contributed by atoms with van der Waals surface area (Å²) >= 11 is 0. The van der Waals surface area contributed by atoms with E-state index in [1.54, 1.807) is 11.8 Å². The van der Waals surface area contributed by atoms with E-state index in [2.05, 4.69) is 36.5 Å². The number of amides is 2. The van der Waals surface area contributed by atoms with Crippen LogP contribution in [-0.2, 0) is 22.4 Å². The number of aryl methyl sites for hydroxylation is 2. The van der Waals surface area contributed by atoms with Gasteiger partial charge in [0.15, 0.2) is 0 Å². The molecule has 0 bridgehead atoms. The molecular formula is C19H28N2O3. The third-order valence-electron chi connectivity index (χ3n) is 4.46. The van der Waals surface area contributed by atoms with Crippen LogP contribution in [0.1, 0.15) is 44.2 Å². The summed E-state index contributed by atoms with van der Waals surface area (Å²) in [6.07, 6.45) is 3.62. The number of hydrogen-bond donors (Lipinski definition) is 1. The van der Waals surface area contributed by atoms with Gasteiger partial charge in [-0.3, -0.25) is 4.79 Å². The monoisotopic (exact) mass is 332 g/mol. The zero-order valence-corrected chi connectivity index (χ0v) is 14.7. The van der Waals surface area contributed by atoms with Gasteiger partial charge in [-0.2, -0.15) is 0 Å². The van der Waals surface area contributed by atoms with E-state index in [0.717, 1.165) is 25.7 Å². The normalized spacial score (nSPS) is 15.2. The third-order valence-corrected chi connectivity index (χ3v) is 4.46. The number of carbonyl (C=O) groups excluding carboxylic acids is 2. The Hall–Kier alpha value is -2.04. The molecule has 2 amide bonds. The van der Waals surface area contributed by atoms with Gasteiger partial charge in [0.1, 0.15) is 0 Å². The fraction of sp³-hybridized carbons (Fsp3) is 0.579. The van der Waals surface area contributed by atoms with E-state index in [0.29, 0.717) is 26.1 Å². The predicted molar refractivity (Wildman–Crippen MR) is 93.9 cm³/mol. The molecule has 0 radical (unpaired) electrons. The van der Waals surface area contributed by atoms with Crippen molar-refractivity contribution in [2.45, 2.75) is 52.0 Å². The number of rotatable bonds is 6. The molecule has 0 spiro atoms. The summed E-state index contributed by atoms with van der Waals surface area (Å²) in [6, 6.07) is 8.61. The van der Waals surface area contributed by atoms with Crippen molar-refractivity contribution in [3.05, 3.63) is 35.4 Å². The highest BCUT2D eigenvalue weighted by atomic mass is 16.6. The van der Waals surface area contributed by atoms with Gasteiger partial charge in [0.05, 0.1) is 6.61 Å². The molecule has 0 unspecified atom stereocenters. The Morgan fingerprint density at radius 2 is 1.75 bits per heavy atom. The van der Waals surface area contributed by atoms with Crippen molar-refractivity contribution in [3.8, 4) is 0 Å². The van der Waals surface area contributed by atoms with Crippen molar-refractivity contribution in [1.29, 1.82) is 0 Å². The molecule has 24 heavy (non-hydrogen) atoms. The Morgan fingerprint density at radius 3 is 2.33 bits per heavy atom. The minimum atomic E-state index is -0.252. The van der Waals surface area contributed by atoms with E-state index in [1.165, 1.54) is 11.1 Å². The molecule has 1 aromatic rings. The van der Waals surface area contributed by atoms with E-state index in [9.17, 15) is 9.59 Å². The molecule has 1 aromatic carbocycles. The van der Waals surface area contributed by atoms with E-state index >= 15 is 0 Å². The molecule has 0 atom stereocenters. The molecule has 132 valence electrons. The summed E-state index contributed by atoms with van der Waals surface area (Å²) in [7, 11) is 0. The van der Waals surface area contributed by atoms with Crippen LogP contribution in [0.4, 0.5) is 4.79 Å². The first-order chi connectivity index (χ1) is 11.6. The van der Waals surface area contributed by atoms with Crippen molar-refractivity contribution in [1.82, 2.24) is 10.2 Å². The topological polar surface area (TPSA) is 58.6 Å². The molecular weight excluding hydrogens is 304 g/mol. The van der Waals surface area contributed by atoms with Gasteiger partial charge in [0.25, 0.3) is 0 Å². The van der Waals surface area contributed by atoms with Crippen LogP contribution in [0.5, 0.6) is 0 Å². The van der Waals surface area contributed by atoms with E-state index in [1.807, 2.05) is 0 Å². The molecule has 1 aliphatic heterocycles. The lowest BCUT2D eigenvalue weighted by Crippen LogP contribution is -2.46. The number of hydrogen-bond acceptors (Lipinski definition) is 3. The standard InChI is InChI=1S/C19H28N2O3/c1-3-15-5-7-16(8-6-15)9-10-18(22)20-17-11-13-21(14-12-17)19(23)24-4-2/h5-8,17H,3-4,9-14H2,1-2H3,(H,20,22). The fourth-order valence-electron chi connectivity index (χ4n) is 2.92. The van der Waals surface area contributed by atoms with E-state index < -0.39 is 0 Å². The molecule has 2 rings (SSSR count). The Balaban J connectivity index is 1.68. The van der Waals surface area contributed by atoms with Gasteiger partial charge in [-0.05, 0) is 43.7 Å². The highest BCUT2D eigenvalue weighted by molar-refractivity contribution is 5.76. The minimum Gasteiger partial charge on any atom is -0.450 e. The second kappa shape index (κ2) is 9.30. The van der Waals surface area contributed by atoms with Gasteiger partial charge in [0, 0.05) is 25.6 Å². The third kappa shape index (κ3) is 5.55. The zero-order chi connectivity index (χ0) is 17.4. The lowest BCUT2D eigenvalue weighted by Gasteiger charge is -2.31. The molecule has 5 heteroatoms. The van der Waals surface area contributed by atoms with Gasteiger partial charge in [-0.1, -0.05) is 31.2 Å². The first kappa shape index (κ1) is 18.3. The summed E-state index contributed by atoms with van der Waals surface area (Å²) < 4.78 is 5.00. The minimum absolute atomic E-state index is 0.0872. The maximum absolute atomic E-state index is 12.1. The number of nitrogens with one attached hydrogen (secondary N) is 1. The number of piperidine rings is 1. The number of ether oxygens (including phenoxy) is 1. The van der Waals surface area contributed by atoms with Crippen molar-refractivity contribution in [3.63, 3.8) is 0 Å². The summed E-state index contributed by atoms with van der Waals surface area (Å²) in [6.45, 7) is 5.62. The molecule has 1 heterocycles. The largest absolute Gasteiger partial charge is 0.450 e. The number of likely N-dealkylation sites (tertiary alicyclic amines) is 1. The van der Waals surface area contributed by atoms with Crippen LogP contribution >= 0.6 is 0 Å². The van der Waals surface area contributed by atoms with Crippen LogP contribution in [0.3, 0.4) is 0 Å². The Kier molecular flexibility index (Phi) is 7.09. The van der Waals surface area contributed by atoms with Gasteiger partial charge >= 0.3 is 6.09 Å². The molecule has 0 aliphatic carbocycles. The molecule has 0 saturated carbocycles. The number of benzene rings is 1. The van der Waals surface area contributed by atoms with Crippen LogP contribution in [0.2, 0.25) is 0 Å². The second-order valence-corrected chi connectivity index (χ2v) is 6.20. The van der Waals surface area contributed by atoms with Crippen LogP contribution in [-0.4, -0.2) is 42.6 Å². The molecule has 1 fully saturated rings. The van der Waals surface area contributed by atoms with Gasteiger partial charge in [-0.25, -0.2) is 4.79 Å². The number of nitrogens with zero attached hydrogens (tertiary/aromatic N) is 1. The Labute approximate surface area is 144 Å². The van der Waals surface area contributed by atoms with Crippen LogP contribution in [0.25, 0.3) is 0 Å². The first-order valence-electron chi connectivity index (χ1n) is 8.91. The molecule has 1 N–H and O–H groups in total. The lowest BCUT2D eigenvalue weighted by atomic mass is 10.0.